The minimum Gasteiger partial charge on any atom is -0.493 e. The van der Waals surface area contributed by atoms with E-state index in [0.717, 1.165) is 11.1 Å². The molecular formula is C28H26N6O3. The molecular weight excluding hydrogens is 468 g/mol. The number of nitrogens with zero attached hydrogens (tertiary/aromatic N) is 4. The van der Waals surface area contributed by atoms with Crippen molar-refractivity contribution in [1.29, 1.82) is 0 Å². The van der Waals surface area contributed by atoms with Crippen LogP contribution < -0.4 is 20.1 Å². The van der Waals surface area contributed by atoms with Crippen LogP contribution in [-0.2, 0) is 0 Å². The lowest BCUT2D eigenvalue weighted by molar-refractivity contribution is 0.102. The largest absolute Gasteiger partial charge is 0.493 e. The first-order valence-electron chi connectivity index (χ1n) is 11.7. The number of hydrogen-bond donors (Lipinski definition) is 2. The molecule has 1 unspecified atom stereocenters. The van der Waals surface area contributed by atoms with Gasteiger partial charge in [0.2, 0.25) is 5.95 Å². The highest BCUT2D eigenvalue weighted by molar-refractivity contribution is 6.07. The molecule has 0 aliphatic rings. The molecule has 0 radical (unpaired) electrons. The van der Waals surface area contributed by atoms with E-state index in [1.54, 1.807) is 30.7 Å². The van der Waals surface area contributed by atoms with Gasteiger partial charge in [-0.2, -0.15) is 4.98 Å². The summed E-state index contributed by atoms with van der Waals surface area (Å²) in [5.41, 5.74) is 3.68. The van der Waals surface area contributed by atoms with E-state index in [9.17, 15) is 4.79 Å². The van der Waals surface area contributed by atoms with Gasteiger partial charge in [0.25, 0.3) is 5.91 Å². The SMILES string of the molecule is COc1cccc(C(=O)Nc2ccc3c(c2)ncn3-c2ccnc(NC(C)c3ccccc3)n2)c1OC. The number of amides is 1. The van der Waals surface area contributed by atoms with E-state index in [0.29, 0.717) is 40.0 Å². The summed E-state index contributed by atoms with van der Waals surface area (Å²) in [6.45, 7) is 2.06. The molecule has 186 valence electrons. The van der Waals surface area contributed by atoms with Crippen LogP contribution in [0.15, 0.2) is 85.3 Å². The van der Waals surface area contributed by atoms with Crippen LogP contribution in [0.4, 0.5) is 11.6 Å². The van der Waals surface area contributed by atoms with Gasteiger partial charge in [-0.25, -0.2) is 9.97 Å². The Bertz CT molecular complexity index is 1550. The minimum absolute atomic E-state index is 0.0466. The van der Waals surface area contributed by atoms with Crippen molar-refractivity contribution < 1.29 is 14.3 Å². The third-order valence-electron chi connectivity index (χ3n) is 5.99. The Balaban J connectivity index is 1.37. The van der Waals surface area contributed by atoms with Crippen LogP contribution in [0, 0.1) is 0 Å². The van der Waals surface area contributed by atoms with Crippen molar-refractivity contribution in [1.82, 2.24) is 19.5 Å². The van der Waals surface area contributed by atoms with Crippen molar-refractivity contribution >= 4 is 28.6 Å². The molecule has 5 aromatic rings. The summed E-state index contributed by atoms with van der Waals surface area (Å²) in [5.74, 6) is 1.75. The number of carbonyl (C=O) groups is 1. The van der Waals surface area contributed by atoms with Crippen molar-refractivity contribution in [2.45, 2.75) is 13.0 Å². The average Bonchev–Trinajstić information content (AvgIpc) is 3.36. The number of carbonyl (C=O) groups excluding carboxylic acids is 1. The topological polar surface area (TPSA) is 103 Å². The highest BCUT2D eigenvalue weighted by Gasteiger charge is 2.17. The van der Waals surface area contributed by atoms with Gasteiger partial charge < -0.3 is 20.1 Å². The van der Waals surface area contributed by atoms with Gasteiger partial charge in [-0.1, -0.05) is 36.4 Å². The smallest absolute Gasteiger partial charge is 0.259 e. The molecule has 2 N–H and O–H groups in total. The number of rotatable bonds is 8. The van der Waals surface area contributed by atoms with E-state index in [4.69, 9.17) is 9.47 Å². The van der Waals surface area contributed by atoms with Crippen LogP contribution in [0.2, 0.25) is 0 Å². The Kier molecular flexibility index (Phi) is 6.67. The van der Waals surface area contributed by atoms with Gasteiger partial charge in [0.05, 0.1) is 36.9 Å². The van der Waals surface area contributed by atoms with Crippen molar-refractivity contribution in [3.63, 3.8) is 0 Å². The third kappa shape index (κ3) is 4.92. The van der Waals surface area contributed by atoms with Crippen molar-refractivity contribution in [3.05, 3.63) is 96.4 Å². The fourth-order valence-electron chi connectivity index (χ4n) is 4.11. The van der Waals surface area contributed by atoms with Crippen LogP contribution in [0.3, 0.4) is 0 Å². The summed E-state index contributed by atoms with van der Waals surface area (Å²) < 4.78 is 12.6. The maximum atomic E-state index is 13.0. The van der Waals surface area contributed by atoms with E-state index in [-0.39, 0.29) is 11.9 Å². The van der Waals surface area contributed by atoms with Crippen molar-refractivity contribution in [2.75, 3.05) is 24.9 Å². The molecule has 2 aromatic heterocycles. The van der Waals surface area contributed by atoms with Crippen LogP contribution in [0.25, 0.3) is 16.9 Å². The summed E-state index contributed by atoms with van der Waals surface area (Å²) in [6.07, 6.45) is 3.42. The van der Waals surface area contributed by atoms with Gasteiger partial charge >= 0.3 is 0 Å². The summed E-state index contributed by atoms with van der Waals surface area (Å²) >= 11 is 0. The molecule has 0 fully saturated rings. The molecule has 5 rings (SSSR count). The van der Waals surface area contributed by atoms with E-state index < -0.39 is 0 Å². The molecule has 0 saturated heterocycles. The number of benzene rings is 3. The number of ether oxygens (including phenoxy) is 2. The zero-order chi connectivity index (χ0) is 25.8. The van der Waals surface area contributed by atoms with Crippen molar-refractivity contribution in [3.8, 4) is 17.3 Å². The highest BCUT2D eigenvalue weighted by atomic mass is 16.5. The fraction of sp³-hybridized carbons (Fsp3) is 0.143. The van der Waals surface area contributed by atoms with E-state index >= 15 is 0 Å². The van der Waals surface area contributed by atoms with E-state index in [1.807, 2.05) is 47.0 Å². The zero-order valence-electron chi connectivity index (χ0n) is 20.7. The summed E-state index contributed by atoms with van der Waals surface area (Å²) in [5, 5.41) is 6.26. The van der Waals surface area contributed by atoms with Gasteiger partial charge in [0, 0.05) is 11.9 Å². The first kappa shape index (κ1) is 23.8. The first-order valence-corrected chi connectivity index (χ1v) is 11.7. The quantitative estimate of drug-likeness (QED) is 0.303. The van der Waals surface area contributed by atoms with Gasteiger partial charge in [-0.3, -0.25) is 9.36 Å². The molecule has 0 saturated carbocycles. The minimum atomic E-state index is -0.311. The molecule has 1 atom stereocenters. The normalized spacial score (nSPS) is 11.6. The second-order valence-electron chi connectivity index (χ2n) is 8.33. The second kappa shape index (κ2) is 10.4. The first-order chi connectivity index (χ1) is 18.1. The van der Waals surface area contributed by atoms with Crippen LogP contribution >= 0.6 is 0 Å². The third-order valence-corrected chi connectivity index (χ3v) is 5.99. The van der Waals surface area contributed by atoms with Crippen LogP contribution in [0.5, 0.6) is 11.5 Å². The molecule has 0 spiro atoms. The Labute approximate surface area is 214 Å². The molecule has 0 bridgehead atoms. The Morgan fingerprint density at radius 3 is 2.57 bits per heavy atom. The summed E-state index contributed by atoms with van der Waals surface area (Å²) in [4.78, 5) is 26.5. The summed E-state index contributed by atoms with van der Waals surface area (Å²) in [7, 11) is 3.04. The molecule has 9 heteroatoms. The number of nitrogens with one attached hydrogen (secondary N) is 2. The highest BCUT2D eigenvalue weighted by Crippen LogP contribution is 2.31. The number of methoxy groups -OCH3 is 2. The molecule has 0 aliphatic carbocycles. The Morgan fingerprint density at radius 1 is 0.946 bits per heavy atom. The summed E-state index contributed by atoms with van der Waals surface area (Å²) in [6, 6.07) is 22.7. The maximum Gasteiger partial charge on any atom is 0.259 e. The molecule has 37 heavy (non-hydrogen) atoms. The monoisotopic (exact) mass is 494 g/mol. The number of fused-ring (bicyclic) bond motifs is 1. The lowest BCUT2D eigenvalue weighted by Gasteiger charge is -2.14. The molecule has 3 aromatic carbocycles. The standard InChI is InChI=1S/C28H26N6O3/c1-18(19-8-5-4-6-9-19)31-28-29-15-14-25(33-28)34-17-30-22-16-20(12-13-23(22)34)32-27(35)21-10-7-11-24(36-2)26(21)37-3/h4-18H,1-3H3,(H,32,35)(H,29,31,33). The number of aromatic nitrogens is 4. The van der Waals surface area contributed by atoms with E-state index in [1.165, 1.54) is 14.2 Å². The van der Waals surface area contributed by atoms with Gasteiger partial charge in [0.1, 0.15) is 12.1 Å². The molecule has 0 aliphatic heterocycles. The second-order valence-corrected chi connectivity index (χ2v) is 8.33. The van der Waals surface area contributed by atoms with Crippen LogP contribution in [-0.4, -0.2) is 39.6 Å². The molecule has 1 amide bonds. The van der Waals surface area contributed by atoms with Gasteiger partial charge in [-0.05, 0) is 48.9 Å². The Morgan fingerprint density at radius 2 is 1.78 bits per heavy atom. The lowest BCUT2D eigenvalue weighted by atomic mass is 10.1. The number of anilines is 2. The number of para-hydroxylation sites is 1. The van der Waals surface area contributed by atoms with Gasteiger partial charge in [-0.15, -0.1) is 0 Å². The van der Waals surface area contributed by atoms with Crippen LogP contribution in [0.1, 0.15) is 28.9 Å². The number of hydrogen-bond acceptors (Lipinski definition) is 7. The predicted molar refractivity (Wildman–Crippen MR) is 143 cm³/mol. The van der Waals surface area contributed by atoms with E-state index in [2.05, 4.69) is 44.6 Å². The zero-order valence-corrected chi connectivity index (χ0v) is 20.7. The fourth-order valence-corrected chi connectivity index (χ4v) is 4.11. The molecule has 2 heterocycles. The predicted octanol–water partition coefficient (Wildman–Crippen LogP) is 5.26. The Hall–Kier alpha value is -4.92. The van der Waals surface area contributed by atoms with Crippen molar-refractivity contribution in [2.24, 2.45) is 0 Å². The average molecular weight is 495 g/mol. The molecule has 9 nitrogen and oxygen atoms in total. The van der Waals surface area contributed by atoms with Gasteiger partial charge in [0.15, 0.2) is 11.5 Å². The maximum absolute atomic E-state index is 13.0. The number of imidazole rings is 1. The lowest BCUT2D eigenvalue weighted by Crippen LogP contribution is -2.13.